The molecule has 0 aliphatic carbocycles. The molecule has 0 bridgehead atoms. The first kappa shape index (κ1) is 14.1. The third-order valence-corrected chi connectivity index (χ3v) is 3.47. The number of rotatable bonds is 2. The van der Waals surface area contributed by atoms with Gasteiger partial charge >= 0.3 is 0 Å². The number of hydrogen-bond acceptors (Lipinski definition) is 5. The lowest BCUT2D eigenvalue weighted by molar-refractivity contribution is 1.09. The van der Waals surface area contributed by atoms with Crippen LogP contribution in [0.25, 0.3) is 22.3 Å². The minimum absolute atomic E-state index is 0.0616. The van der Waals surface area contributed by atoms with Crippen molar-refractivity contribution in [1.82, 2.24) is 15.2 Å². The van der Waals surface area contributed by atoms with Gasteiger partial charge in [-0.25, -0.2) is 0 Å². The summed E-state index contributed by atoms with van der Waals surface area (Å²) in [5, 5.41) is 25.4. The Morgan fingerprint density at radius 2 is 1.78 bits per heavy atom. The number of nitriles is 2. The molecule has 1 aromatic carbocycles. The molecule has 0 saturated carbocycles. The number of benzene rings is 1. The number of nitrogen functional groups attached to an aromatic ring is 1. The van der Waals surface area contributed by atoms with Crippen LogP contribution in [0.4, 0.5) is 5.82 Å². The summed E-state index contributed by atoms with van der Waals surface area (Å²) in [6, 6.07) is 11.0. The van der Waals surface area contributed by atoms with Crippen molar-refractivity contribution in [3.63, 3.8) is 0 Å². The molecule has 0 unspecified atom stereocenters. The quantitative estimate of drug-likeness (QED) is 0.662. The summed E-state index contributed by atoms with van der Waals surface area (Å²) in [6.45, 7) is 0. The molecular weight excluding hydrogens is 292 g/mol. The predicted molar refractivity (Wildman–Crippen MR) is 83.9 cm³/mol. The lowest BCUT2D eigenvalue weighted by Gasteiger charge is -2.12. The molecule has 7 heteroatoms. The fourth-order valence-electron chi connectivity index (χ4n) is 2.46. The van der Waals surface area contributed by atoms with E-state index in [1.165, 1.54) is 0 Å². The number of anilines is 1. The Balaban J connectivity index is 2.45. The average molecular weight is 302 g/mol. The maximum absolute atomic E-state index is 12.0. The van der Waals surface area contributed by atoms with Gasteiger partial charge in [0.1, 0.15) is 29.1 Å². The Morgan fingerprint density at radius 1 is 1.09 bits per heavy atom. The van der Waals surface area contributed by atoms with E-state index in [0.717, 1.165) is 11.1 Å². The SMILES string of the molecule is N#Cc1c(N)[nH]c(=O)c(C#N)c1-c1ccccc1-c1cn[nH]c1. The Kier molecular flexibility index (Phi) is 3.38. The molecule has 2 heterocycles. The topological polar surface area (TPSA) is 135 Å². The molecule has 0 spiro atoms. The summed E-state index contributed by atoms with van der Waals surface area (Å²) >= 11 is 0. The lowest BCUT2D eigenvalue weighted by Crippen LogP contribution is -2.16. The number of aromatic amines is 2. The van der Waals surface area contributed by atoms with E-state index in [0.29, 0.717) is 5.56 Å². The number of nitrogens with zero attached hydrogens (tertiary/aromatic N) is 3. The maximum Gasteiger partial charge on any atom is 0.268 e. The van der Waals surface area contributed by atoms with Crippen LogP contribution in [-0.2, 0) is 0 Å². The van der Waals surface area contributed by atoms with Crippen LogP contribution in [0.1, 0.15) is 11.1 Å². The van der Waals surface area contributed by atoms with E-state index in [1.807, 2.05) is 24.3 Å². The van der Waals surface area contributed by atoms with Crippen LogP contribution in [0.3, 0.4) is 0 Å². The summed E-state index contributed by atoms with van der Waals surface area (Å²) in [5.74, 6) is -0.0616. The van der Waals surface area contributed by atoms with Crippen LogP contribution in [0.2, 0.25) is 0 Å². The first-order valence-corrected chi connectivity index (χ1v) is 6.62. The van der Waals surface area contributed by atoms with E-state index >= 15 is 0 Å². The Bertz CT molecular complexity index is 1020. The Labute approximate surface area is 130 Å². The van der Waals surface area contributed by atoms with Gasteiger partial charge < -0.3 is 10.7 Å². The van der Waals surface area contributed by atoms with Gasteiger partial charge in [0.2, 0.25) is 0 Å². The smallest absolute Gasteiger partial charge is 0.268 e. The first-order valence-electron chi connectivity index (χ1n) is 6.62. The molecule has 3 aromatic rings. The molecule has 7 nitrogen and oxygen atoms in total. The van der Waals surface area contributed by atoms with Gasteiger partial charge in [-0.15, -0.1) is 0 Å². The van der Waals surface area contributed by atoms with Crippen molar-refractivity contribution in [2.45, 2.75) is 0 Å². The maximum atomic E-state index is 12.0. The van der Waals surface area contributed by atoms with E-state index in [1.54, 1.807) is 24.5 Å². The summed E-state index contributed by atoms with van der Waals surface area (Å²) in [5.41, 5.74) is 7.36. The van der Waals surface area contributed by atoms with Gasteiger partial charge in [-0.2, -0.15) is 15.6 Å². The second-order valence-electron chi connectivity index (χ2n) is 4.75. The number of pyridine rings is 1. The highest BCUT2D eigenvalue weighted by molar-refractivity contribution is 5.89. The Hall–Kier alpha value is -3.84. The Morgan fingerprint density at radius 3 is 2.39 bits per heavy atom. The zero-order valence-corrected chi connectivity index (χ0v) is 11.8. The standard InChI is InChI=1S/C16H10N6O/c17-5-12-14(13(6-18)16(23)22-15(12)19)11-4-2-1-3-10(11)9-7-20-21-8-9/h1-4,7-8H,(H,20,21)(H3,19,22,23). The normalized spacial score (nSPS) is 10.0. The molecule has 4 N–H and O–H groups in total. The third-order valence-electron chi connectivity index (χ3n) is 3.47. The van der Waals surface area contributed by atoms with Crippen LogP contribution in [-0.4, -0.2) is 15.2 Å². The van der Waals surface area contributed by atoms with Crippen molar-refractivity contribution in [2.24, 2.45) is 0 Å². The largest absolute Gasteiger partial charge is 0.384 e. The van der Waals surface area contributed by atoms with Gasteiger partial charge in [-0.3, -0.25) is 9.89 Å². The number of hydrogen-bond donors (Lipinski definition) is 3. The number of H-pyrrole nitrogens is 2. The molecule has 23 heavy (non-hydrogen) atoms. The molecule has 0 aliphatic heterocycles. The van der Waals surface area contributed by atoms with Crippen LogP contribution in [0.15, 0.2) is 41.5 Å². The average Bonchev–Trinajstić information content (AvgIpc) is 3.08. The fraction of sp³-hybridized carbons (Fsp3) is 0. The highest BCUT2D eigenvalue weighted by atomic mass is 16.1. The van der Waals surface area contributed by atoms with Gasteiger partial charge in [0.15, 0.2) is 0 Å². The predicted octanol–water partition coefficient (Wildman–Crippen LogP) is 1.76. The molecule has 0 radical (unpaired) electrons. The van der Waals surface area contributed by atoms with E-state index < -0.39 is 5.56 Å². The first-order chi connectivity index (χ1) is 11.2. The molecule has 2 aromatic heterocycles. The highest BCUT2D eigenvalue weighted by Gasteiger charge is 2.20. The van der Waals surface area contributed by atoms with E-state index in [9.17, 15) is 15.3 Å². The number of aromatic nitrogens is 3. The third kappa shape index (κ3) is 2.23. The summed E-state index contributed by atoms with van der Waals surface area (Å²) in [4.78, 5) is 14.4. The molecule has 0 saturated heterocycles. The number of nitrogens with one attached hydrogen (secondary N) is 2. The van der Waals surface area contributed by atoms with Gasteiger partial charge in [0.05, 0.1) is 6.20 Å². The van der Waals surface area contributed by atoms with Gasteiger partial charge in [-0.05, 0) is 11.1 Å². The van der Waals surface area contributed by atoms with E-state index in [-0.39, 0.29) is 22.5 Å². The summed E-state index contributed by atoms with van der Waals surface area (Å²) in [7, 11) is 0. The summed E-state index contributed by atoms with van der Waals surface area (Å²) < 4.78 is 0. The van der Waals surface area contributed by atoms with Crippen molar-refractivity contribution in [3.05, 3.63) is 58.1 Å². The van der Waals surface area contributed by atoms with Crippen LogP contribution in [0.5, 0.6) is 0 Å². The van der Waals surface area contributed by atoms with Crippen LogP contribution < -0.4 is 11.3 Å². The monoisotopic (exact) mass is 302 g/mol. The minimum atomic E-state index is -0.624. The van der Waals surface area contributed by atoms with Crippen molar-refractivity contribution < 1.29 is 0 Å². The summed E-state index contributed by atoms with van der Waals surface area (Å²) in [6.07, 6.45) is 3.31. The molecule has 110 valence electrons. The van der Waals surface area contributed by atoms with Crippen molar-refractivity contribution in [3.8, 4) is 34.4 Å². The molecule has 0 atom stereocenters. The van der Waals surface area contributed by atoms with E-state index in [4.69, 9.17) is 5.73 Å². The van der Waals surface area contributed by atoms with Crippen molar-refractivity contribution in [2.75, 3.05) is 5.73 Å². The number of nitrogens with two attached hydrogens (primary N) is 1. The highest BCUT2D eigenvalue weighted by Crippen LogP contribution is 2.35. The second-order valence-corrected chi connectivity index (χ2v) is 4.75. The van der Waals surface area contributed by atoms with Crippen LogP contribution in [0, 0.1) is 22.7 Å². The fourth-order valence-corrected chi connectivity index (χ4v) is 2.46. The second kappa shape index (κ2) is 5.51. The molecule has 0 aliphatic rings. The molecular formula is C16H10N6O. The molecule has 0 amide bonds. The molecule has 3 rings (SSSR count). The lowest BCUT2D eigenvalue weighted by atomic mass is 9.91. The van der Waals surface area contributed by atoms with Gasteiger partial charge in [0.25, 0.3) is 5.56 Å². The van der Waals surface area contributed by atoms with Crippen LogP contribution >= 0.6 is 0 Å². The van der Waals surface area contributed by atoms with Gasteiger partial charge in [0, 0.05) is 17.3 Å². The zero-order chi connectivity index (χ0) is 16.4. The van der Waals surface area contributed by atoms with E-state index in [2.05, 4.69) is 15.2 Å². The minimum Gasteiger partial charge on any atom is -0.384 e. The van der Waals surface area contributed by atoms with Crippen molar-refractivity contribution in [1.29, 1.82) is 10.5 Å². The van der Waals surface area contributed by atoms with Crippen molar-refractivity contribution >= 4 is 5.82 Å². The zero-order valence-electron chi connectivity index (χ0n) is 11.8. The molecule has 0 fully saturated rings. The van der Waals surface area contributed by atoms with Gasteiger partial charge in [-0.1, -0.05) is 24.3 Å².